The number of rotatable bonds is 0. The molecule has 1 rings (SSSR count). The van der Waals surface area contributed by atoms with Gasteiger partial charge in [-0.25, -0.2) is 0 Å². The zero-order chi connectivity index (χ0) is 5.28. The van der Waals surface area contributed by atoms with Crippen LogP contribution in [0.25, 0.3) is 0 Å². The summed E-state index contributed by atoms with van der Waals surface area (Å²) in [5.41, 5.74) is 0. The highest BCUT2D eigenvalue weighted by Crippen LogP contribution is 2.29. The third-order valence-electron chi connectivity index (χ3n) is 1.64. The summed E-state index contributed by atoms with van der Waals surface area (Å²) in [7, 11) is 0. The van der Waals surface area contributed by atoms with Crippen molar-refractivity contribution < 1.29 is 5.11 Å². The number of hydrogen-bond donors (Lipinski definition) is 1. The summed E-state index contributed by atoms with van der Waals surface area (Å²) in [5, 5.41) is 8.91. The topological polar surface area (TPSA) is 20.2 Å². The van der Waals surface area contributed by atoms with E-state index in [0.29, 0.717) is 12.0 Å². The van der Waals surface area contributed by atoms with Gasteiger partial charge >= 0.3 is 0 Å². The molecule has 0 bridgehead atoms. The van der Waals surface area contributed by atoms with Gasteiger partial charge in [0, 0.05) is 0 Å². The molecule has 1 heteroatoms. The molecule has 41 valence electrons. The van der Waals surface area contributed by atoms with Crippen molar-refractivity contribution in [1.29, 1.82) is 0 Å². The molecule has 0 aromatic rings. The summed E-state index contributed by atoms with van der Waals surface area (Å²) in [6, 6.07) is 0. The van der Waals surface area contributed by atoms with E-state index < -0.39 is 0 Å². The molecule has 0 aliphatic heterocycles. The Morgan fingerprint density at radius 2 is 2.43 bits per heavy atom. The highest BCUT2D eigenvalue weighted by molar-refractivity contribution is 4.88. The fraction of sp³-hybridized carbons (Fsp3) is 0.833. The minimum Gasteiger partial charge on any atom is -0.387 e. The molecule has 0 spiro atoms. The zero-order valence-electron chi connectivity index (χ0n) is 4.65. The minimum absolute atomic E-state index is 0.486. The normalized spacial score (nSPS) is 34.3. The Kier molecular flexibility index (Phi) is 1.33. The van der Waals surface area contributed by atoms with Gasteiger partial charge in [0.2, 0.25) is 0 Å². The Labute approximate surface area is 44.4 Å². The molecule has 1 aliphatic carbocycles. The first-order valence-corrected chi connectivity index (χ1v) is 2.85. The van der Waals surface area contributed by atoms with Crippen molar-refractivity contribution in [2.45, 2.75) is 26.2 Å². The Morgan fingerprint density at radius 1 is 1.71 bits per heavy atom. The highest BCUT2D eigenvalue weighted by atomic mass is 16.3. The quantitative estimate of drug-likeness (QED) is 0.490. The standard InChI is InChI=1S/C6H11O/c1-5-3-2-4-6(5)7/h5,7H,2-4H2,1H3. The second-order valence-corrected chi connectivity index (χ2v) is 2.28. The molecular weight excluding hydrogens is 88.1 g/mol. The molecule has 0 heterocycles. The SMILES string of the molecule is CC1CCC[C]1O. The van der Waals surface area contributed by atoms with Crippen molar-refractivity contribution >= 4 is 0 Å². The lowest BCUT2D eigenvalue weighted by atomic mass is 10.1. The van der Waals surface area contributed by atoms with E-state index in [1.807, 2.05) is 0 Å². The largest absolute Gasteiger partial charge is 0.387 e. The molecule has 1 N–H and O–H groups in total. The van der Waals surface area contributed by atoms with E-state index in [1.54, 1.807) is 0 Å². The summed E-state index contributed by atoms with van der Waals surface area (Å²) in [5.74, 6) is 0.486. The first kappa shape index (κ1) is 5.10. The molecule has 0 aromatic carbocycles. The van der Waals surface area contributed by atoms with Crippen LogP contribution in [-0.4, -0.2) is 5.11 Å². The van der Waals surface area contributed by atoms with E-state index >= 15 is 0 Å². The first-order chi connectivity index (χ1) is 3.30. The van der Waals surface area contributed by atoms with Crippen LogP contribution >= 0.6 is 0 Å². The van der Waals surface area contributed by atoms with Gasteiger partial charge in [-0.1, -0.05) is 13.3 Å². The van der Waals surface area contributed by atoms with Crippen LogP contribution in [0.1, 0.15) is 26.2 Å². The fourth-order valence-electron chi connectivity index (χ4n) is 1.00. The number of aliphatic hydroxyl groups is 1. The van der Waals surface area contributed by atoms with Crippen molar-refractivity contribution in [1.82, 2.24) is 0 Å². The van der Waals surface area contributed by atoms with E-state index in [9.17, 15) is 0 Å². The van der Waals surface area contributed by atoms with Crippen molar-refractivity contribution in [3.63, 3.8) is 0 Å². The lowest BCUT2D eigenvalue weighted by molar-refractivity contribution is 0.256. The fourth-order valence-corrected chi connectivity index (χ4v) is 1.00. The van der Waals surface area contributed by atoms with Gasteiger partial charge in [0.1, 0.15) is 0 Å². The van der Waals surface area contributed by atoms with Gasteiger partial charge in [0.25, 0.3) is 0 Å². The second-order valence-electron chi connectivity index (χ2n) is 2.28. The molecule has 1 atom stereocenters. The van der Waals surface area contributed by atoms with Crippen LogP contribution in [0.4, 0.5) is 0 Å². The number of aliphatic hydroxyl groups excluding tert-OH is 1. The summed E-state index contributed by atoms with van der Waals surface area (Å²) < 4.78 is 0. The molecular formula is C6H11O. The smallest absolute Gasteiger partial charge is 0.0961 e. The summed E-state index contributed by atoms with van der Waals surface area (Å²) in [6.07, 6.45) is 4.03. The van der Waals surface area contributed by atoms with Gasteiger partial charge in [-0.05, 0) is 18.8 Å². The molecule has 1 saturated carbocycles. The molecule has 1 unspecified atom stereocenters. The summed E-state index contributed by atoms with van der Waals surface area (Å²) in [4.78, 5) is 0. The average molecular weight is 99.2 g/mol. The lowest BCUT2D eigenvalue weighted by Crippen LogP contribution is -1.97. The van der Waals surface area contributed by atoms with Crippen LogP contribution in [0.3, 0.4) is 0 Å². The maximum absolute atomic E-state index is 8.91. The molecule has 0 saturated heterocycles. The Morgan fingerprint density at radius 3 is 2.57 bits per heavy atom. The van der Waals surface area contributed by atoms with Crippen LogP contribution in [0.15, 0.2) is 0 Å². The maximum atomic E-state index is 8.91. The van der Waals surface area contributed by atoms with Crippen LogP contribution in [0, 0.1) is 12.0 Å². The predicted molar refractivity (Wildman–Crippen MR) is 28.2 cm³/mol. The first-order valence-electron chi connectivity index (χ1n) is 2.85. The van der Waals surface area contributed by atoms with Crippen molar-refractivity contribution in [2.75, 3.05) is 0 Å². The van der Waals surface area contributed by atoms with E-state index in [0.717, 1.165) is 6.42 Å². The minimum atomic E-state index is 0.486. The molecule has 0 aromatic heterocycles. The molecule has 7 heavy (non-hydrogen) atoms. The van der Waals surface area contributed by atoms with E-state index in [-0.39, 0.29) is 0 Å². The average Bonchev–Trinajstić information content (AvgIpc) is 1.91. The predicted octanol–water partition coefficient (Wildman–Crippen LogP) is 1.71. The Hall–Kier alpha value is -0.0400. The highest BCUT2D eigenvalue weighted by Gasteiger charge is 2.20. The van der Waals surface area contributed by atoms with Crippen LogP contribution in [0.2, 0.25) is 0 Å². The molecule has 0 amide bonds. The van der Waals surface area contributed by atoms with Gasteiger partial charge < -0.3 is 5.11 Å². The van der Waals surface area contributed by atoms with Gasteiger partial charge in [0.15, 0.2) is 0 Å². The summed E-state index contributed by atoms with van der Waals surface area (Å²) >= 11 is 0. The van der Waals surface area contributed by atoms with Crippen LogP contribution < -0.4 is 0 Å². The third-order valence-corrected chi connectivity index (χ3v) is 1.64. The second kappa shape index (κ2) is 1.83. The zero-order valence-corrected chi connectivity index (χ0v) is 4.65. The monoisotopic (exact) mass is 99.1 g/mol. The van der Waals surface area contributed by atoms with Crippen molar-refractivity contribution in [3.8, 4) is 0 Å². The van der Waals surface area contributed by atoms with Gasteiger partial charge in [-0.2, -0.15) is 0 Å². The van der Waals surface area contributed by atoms with Gasteiger partial charge in [-0.15, -0.1) is 0 Å². The van der Waals surface area contributed by atoms with E-state index in [1.165, 1.54) is 12.8 Å². The maximum Gasteiger partial charge on any atom is 0.0961 e. The molecule has 1 aliphatic rings. The lowest BCUT2D eigenvalue weighted by Gasteiger charge is -2.02. The summed E-state index contributed by atoms with van der Waals surface area (Å²) in [6.45, 7) is 2.07. The number of hydrogen-bond acceptors (Lipinski definition) is 1. The third kappa shape index (κ3) is 0.942. The van der Waals surface area contributed by atoms with E-state index in [4.69, 9.17) is 5.11 Å². The van der Waals surface area contributed by atoms with E-state index in [2.05, 4.69) is 6.92 Å². The van der Waals surface area contributed by atoms with Crippen molar-refractivity contribution in [2.24, 2.45) is 5.92 Å². The Bertz CT molecular complexity index is 53.2. The van der Waals surface area contributed by atoms with Crippen molar-refractivity contribution in [3.05, 3.63) is 6.10 Å². The van der Waals surface area contributed by atoms with Crippen LogP contribution in [-0.2, 0) is 0 Å². The Balaban J connectivity index is 2.33. The molecule has 1 fully saturated rings. The van der Waals surface area contributed by atoms with Crippen LogP contribution in [0.5, 0.6) is 0 Å². The van der Waals surface area contributed by atoms with Gasteiger partial charge in [0.05, 0.1) is 6.10 Å². The molecule has 1 nitrogen and oxygen atoms in total. The molecule has 1 radical (unpaired) electrons. The van der Waals surface area contributed by atoms with Gasteiger partial charge in [-0.3, -0.25) is 0 Å².